The Bertz CT molecular complexity index is 516. The molecule has 2 atom stereocenters. The molecular formula is C12H15F3IN3O2. The lowest BCUT2D eigenvalue weighted by Crippen LogP contribution is -2.34. The van der Waals surface area contributed by atoms with Crippen LogP contribution in [0.5, 0.6) is 0 Å². The lowest BCUT2D eigenvalue weighted by molar-refractivity contribution is -0.0884. The van der Waals surface area contributed by atoms with Crippen molar-refractivity contribution in [2.75, 3.05) is 7.05 Å². The van der Waals surface area contributed by atoms with Crippen LogP contribution in [0.4, 0.5) is 18.0 Å². The summed E-state index contributed by atoms with van der Waals surface area (Å²) in [5, 5.41) is 16.9. The van der Waals surface area contributed by atoms with Crippen molar-refractivity contribution in [1.29, 1.82) is 5.41 Å². The first kappa shape index (κ1) is 18.0. The summed E-state index contributed by atoms with van der Waals surface area (Å²) in [6.07, 6.45) is -4.52. The van der Waals surface area contributed by atoms with Gasteiger partial charge in [0.25, 0.3) is 0 Å². The van der Waals surface area contributed by atoms with Gasteiger partial charge in [-0.1, -0.05) is 0 Å². The van der Waals surface area contributed by atoms with Gasteiger partial charge in [0.15, 0.2) is 6.23 Å². The van der Waals surface area contributed by atoms with Crippen LogP contribution in [0, 0.1) is 5.41 Å². The molecule has 1 rings (SSSR count). The lowest BCUT2D eigenvalue weighted by atomic mass is 10.2. The minimum atomic E-state index is -4.65. The number of likely N-dealkylation sites (N-methyl/N-ethyl adjacent to an activating group) is 1. The van der Waals surface area contributed by atoms with Crippen molar-refractivity contribution < 1.29 is 23.1 Å². The van der Waals surface area contributed by atoms with Gasteiger partial charge < -0.3 is 15.4 Å². The maximum absolute atomic E-state index is 13.0. The van der Waals surface area contributed by atoms with Crippen LogP contribution in [-0.2, 0) is 0 Å². The molecule has 0 aliphatic carbocycles. The van der Waals surface area contributed by atoms with Gasteiger partial charge in [-0.3, -0.25) is 4.90 Å². The zero-order valence-corrected chi connectivity index (χ0v) is 13.7. The van der Waals surface area contributed by atoms with Crippen LogP contribution >= 0.6 is 22.6 Å². The summed E-state index contributed by atoms with van der Waals surface area (Å²) >= 11 is 1.40. The standard InChI is InChI=1S/C12H15F3IN3O2/c1-6(4-8(9(16)5-17)12(13,14)15)19-10(20)7(2)18(3)11(19)21/h4-5,7,10,17,20H,1-3H3/b6-4+,9-8-,17-5?. The number of carbonyl (C=O) groups is 1. The average Bonchev–Trinajstić information content (AvgIpc) is 2.58. The molecule has 9 heteroatoms. The van der Waals surface area contributed by atoms with Gasteiger partial charge in [0.2, 0.25) is 0 Å². The number of carbonyl (C=O) groups excluding carboxylic acids is 1. The fourth-order valence-corrected chi connectivity index (χ4v) is 2.34. The van der Waals surface area contributed by atoms with Crippen LogP contribution in [0.2, 0.25) is 0 Å². The van der Waals surface area contributed by atoms with Gasteiger partial charge >= 0.3 is 12.2 Å². The van der Waals surface area contributed by atoms with Gasteiger partial charge in [-0.25, -0.2) is 4.79 Å². The Kier molecular flexibility index (Phi) is 5.42. The first-order valence-electron chi connectivity index (χ1n) is 5.92. The number of amides is 2. The predicted molar refractivity (Wildman–Crippen MR) is 80.1 cm³/mol. The fraction of sp³-hybridized carbons (Fsp3) is 0.500. The molecule has 0 bridgehead atoms. The molecular weight excluding hydrogens is 402 g/mol. The molecule has 0 aromatic carbocycles. The van der Waals surface area contributed by atoms with E-state index in [1.54, 1.807) is 6.92 Å². The number of urea groups is 1. The van der Waals surface area contributed by atoms with Crippen molar-refractivity contribution in [2.45, 2.75) is 32.3 Å². The third kappa shape index (κ3) is 3.57. The zero-order valence-electron chi connectivity index (χ0n) is 11.6. The fourth-order valence-electron chi connectivity index (χ4n) is 1.87. The highest BCUT2D eigenvalue weighted by Gasteiger charge is 2.42. The molecule has 21 heavy (non-hydrogen) atoms. The van der Waals surface area contributed by atoms with Crippen LogP contribution < -0.4 is 0 Å². The van der Waals surface area contributed by atoms with Crippen molar-refractivity contribution in [1.82, 2.24) is 9.80 Å². The van der Waals surface area contributed by atoms with Gasteiger partial charge in [0.05, 0.1) is 11.6 Å². The van der Waals surface area contributed by atoms with Gasteiger partial charge in [0, 0.05) is 22.5 Å². The first-order chi connectivity index (χ1) is 9.52. The smallest absolute Gasteiger partial charge is 0.371 e. The number of halogens is 4. The third-order valence-corrected chi connectivity index (χ3v) is 4.13. The van der Waals surface area contributed by atoms with E-state index in [2.05, 4.69) is 0 Å². The predicted octanol–water partition coefficient (Wildman–Crippen LogP) is 2.87. The second-order valence-electron chi connectivity index (χ2n) is 4.61. The van der Waals surface area contributed by atoms with Crippen molar-refractivity contribution >= 4 is 34.8 Å². The number of aliphatic hydroxyl groups is 1. The van der Waals surface area contributed by atoms with Crippen LogP contribution in [0.25, 0.3) is 0 Å². The molecule has 0 spiro atoms. The number of nitrogens with zero attached hydrogens (tertiary/aromatic N) is 2. The minimum absolute atomic E-state index is 0.0351. The van der Waals surface area contributed by atoms with E-state index in [1.165, 1.54) is 41.5 Å². The molecule has 1 aliphatic heterocycles. The van der Waals surface area contributed by atoms with E-state index in [1.807, 2.05) is 0 Å². The van der Waals surface area contributed by atoms with E-state index < -0.39 is 30.1 Å². The minimum Gasteiger partial charge on any atom is -0.371 e. The van der Waals surface area contributed by atoms with Crippen LogP contribution in [0.15, 0.2) is 20.9 Å². The van der Waals surface area contributed by atoms with Gasteiger partial charge in [-0.15, -0.1) is 0 Å². The first-order valence-corrected chi connectivity index (χ1v) is 7.00. The van der Waals surface area contributed by atoms with E-state index in [-0.39, 0.29) is 9.28 Å². The maximum atomic E-state index is 13.0. The van der Waals surface area contributed by atoms with Crippen LogP contribution in [0.1, 0.15) is 13.8 Å². The summed E-state index contributed by atoms with van der Waals surface area (Å²) in [4.78, 5) is 14.1. The number of rotatable bonds is 3. The normalized spacial score (nSPS) is 25.3. The molecule has 0 radical (unpaired) electrons. The Balaban J connectivity index is 3.26. The van der Waals surface area contributed by atoms with Crippen molar-refractivity contribution in [2.24, 2.45) is 0 Å². The average molecular weight is 417 g/mol. The highest BCUT2D eigenvalue weighted by molar-refractivity contribution is 14.1. The molecule has 2 unspecified atom stereocenters. The van der Waals surface area contributed by atoms with Crippen molar-refractivity contribution in [3.63, 3.8) is 0 Å². The number of nitrogens with one attached hydrogen (secondary N) is 1. The molecule has 1 heterocycles. The summed E-state index contributed by atoms with van der Waals surface area (Å²) in [5.74, 6) is 0. The van der Waals surface area contributed by atoms with Gasteiger partial charge in [-0.2, -0.15) is 13.2 Å². The second kappa shape index (κ2) is 6.34. The molecule has 118 valence electrons. The molecule has 0 saturated carbocycles. The van der Waals surface area contributed by atoms with Crippen molar-refractivity contribution in [3.8, 4) is 0 Å². The Hall–Kier alpha value is -1.10. The molecule has 5 nitrogen and oxygen atoms in total. The summed E-state index contributed by atoms with van der Waals surface area (Å²) in [7, 11) is 1.46. The number of alkyl halides is 3. The highest BCUT2D eigenvalue weighted by Crippen LogP contribution is 2.33. The van der Waals surface area contributed by atoms with Crippen LogP contribution in [-0.4, -0.2) is 52.6 Å². The number of hydrogen-bond donors (Lipinski definition) is 2. The van der Waals surface area contributed by atoms with Crippen molar-refractivity contribution in [3.05, 3.63) is 20.9 Å². The molecule has 1 saturated heterocycles. The van der Waals surface area contributed by atoms with Crippen LogP contribution in [0.3, 0.4) is 0 Å². The van der Waals surface area contributed by atoms with E-state index in [4.69, 9.17) is 5.41 Å². The highest BCUT2D eigenvalue weighted by atomic mass is 127. The van der Waals surface area contributed by atoms with E-state index in [9.17, 15) is 23.1 Å². The Morgan fingerprint density at radius 2 is 2.00 bits per heavy atom. The molecule has 0 aromatic rings. The monoisotopic (exact) mass is 417 g/mol. The lowest BCUT2D eigenvalue weighted by Gasteiger charge is -2.21. The van der Waals surface area contributed by atoms with E-state index in [0.717, 1.165) is 11.0 Å². The Labute approximate surface area is 133 Å². The van der Waals surface area contributed by atoms with Gasteiger partial charge in [-0.05, 0) is 42.5 Å². The second-order valence-corrected chi connectivity index (χ2v) is 5.77. The molecule has 2 amide bonds. The van der Waals surface area contributed by atoms with E-state index >= 15 is 0 Å². The SMILES string of the molecule is C/C(=C\C(=C(\I)C=N)C(F)(F)F)N1C(=O)N(C)C(C)C1O. The number of aliphatic hydroxyl groups excluding tert-OH is 1. The zero-order chi connectivity index (χ0) is 16.5. The quantitative estimate of drug-likeness (QED) is 0.422. The Morgan fingerprint density at radius 3 is 2.33 bits per heavy atom. The molecule has 1 fully saturated rings. The van der Waals surface area contributed by atoms with E-state index in [0.29, 0.717) is 6.21 Å². The number of allylic oxidation sites excluding steroid dienone is 4. The largest absolute Gasteiger partial charge is 0.417 e. The topological polar surface area (TPSA) is 67.6 Å². The Morgan fingerprint density at radius 1 is 1.48 bits per heavy atom. The number of hydrogen-bond acceptors (Lipinski definition) is 3. The summed E-state index contributed by atoms with van der Waals surface area (Å²) in [5.41, 5.74) is -1.06. The summed E-state index contributed by atoms with van der Waals surface area (Å²) in [6.45, 7) is 2.91. The third-order valence-electron chi connectivity index (χ3n) is 3.24. The molecule has 0 aromatic heterocycles. The molecule has 1 aliphatic rings. The summed E-state index contributed by atoms with van der Waals surface area (Å²) < 4.78 is 38.6. The van der Waals surface area contributed by atoms with Gasteiger partial charge in [0.1, 0.15) is 0 Å². The maximum Gasteiger partial charge on any atom is 0.417 e. The molecule has 2 N–H and O–H groups in total. The summed E-state index contributed by atoms with van der Waals surface area (Å²) in [6, 6.07) is -1.10.